The maximum atomic E-state index is 13.7. The Morgan fingerprint density at radius 3 is 2.46 bits per heavy atom. The highest BCUT2D eigenvalue weighted by molar-refractivity contribution is 6.46. The van der Waals surface area contributed by atoms with Crippen LogP contribution in [0.2, 0.25) is 0 Å². The van der Waals surface area contributed by atoms with E-state index in [4.69, 9.17) is 0 Å². The van der Waals surface area contributed by atoms with Crippen LogP contribution in [-0.2, 0) is 9.59 Å². The van der Waals surface area contributed by atoms with Gasteiger partial charge in [0.1, 0.15) is 11.6 Å². The molecule has 1 aliphatic heterocycles. The van der Waals surface area contributed by atoms with Crippen LogP contribution in [0.15, 0.2) is 60.2 Å². The number of hydrogen-bond donors (Lipinski definition) is 2. The van der Waals surface area contributed by atoms with Gasteiger partial charge in [0.25, 0.3) is 11.7 Å². The number of aliphatic hydroxyl groups is 2. The van der Waals surface area contributed by atoms with Crippen LogP contribution in [0.4, 0.5) is 4.39 Å². The van der Waals surface area contributed by atoms with Crippen molar-refractivity contribution in [3.8, 4) is 0 Å². The molecule has 134 valence electrons. The van der Waals surface area contributed by atoms with E-state index in [1.165, 1.54) is 25.1 Å². The number of aliphatic hydroxyl groups excluding tert-OH is 2. The van der Waals surface area contributed by atoms with E-state index < -0.39 is 29.7 Å². The standard InChI is InChI=1S/C20H18FNO4/c1-12(23)11-22-17(14-8-5-9-15(21)10-14)16(19(25)20(22)26)18(24)13-6-3-2-4-7-13/h2-10,12,17,23-24H,11H2,1H3/b18-16+. The zero-order valence-corrected chi connectivity index (χ0v) is 14.1. The molecule has 1 amide bonds. The first-order valence-electron chi connectivity index (χ1n) is 8.17. The lowest BCUT2D eigenvalue weighted by Gasteiger charge is -2.26. The summed E-state index contributed by atoms with van der Waals surface area (Å²) in [7, 11) is 0. The molecule has 26 heavy (non-hydrogen) atoms. The van der Waals surface area contributed by atoms with Gasteiger partial charge >= 0.3 is 0 Å². The molecule has 5 nitrogen and oxygen atoms in total. The topological polar surface area (TPSA) is 77.8 Å². The van der Waals surface area contributed by atoms with Crippen LogP contribution >= 0.6 is 0 Å². The molecule has 1 fully saturated rings. The molecule has 1 aliphatic rings. The summed E-state index contributed by atoms with van der Waals surface area (Å²) in [6.45, 7) is 1.37. The second-order valence-electron chi connectivity index (χ2n) is 6.22. The Balaban J connectivity index is 2.20. The number of amides is 1. The highest BCUT2D eigenvalue weighted by Gasteiger charge is 2.46. The lowest BCUT2D eigenvalue weighted by atomic mass is 9.95. The molecule has 0 aromatic heterocycles. The molecule has 2 unspecified atom stereocenters. The molecule has 6 heteroatoms. The van der Waals surface area contributed by atoms with Crippen LogP contribution < -0.4 is 0 Å². The number of halogens is 1. The van der Waals surface area contributed by atoms with E-state index in [2.05, 4.69) is 0 Å². The number of carbonyl (C=O) groups is 2. The van der Waals surface area contributed by atoms with Gasteiger partial charge in [-0.1, -0.05) is 42.5 Å². The maximum Gasteiger partial charge on any atom is 0.295 e. The second kappa shape index (κ2) is 7.09. The molecule has 0 spiro atoms. The third kappa shape index (κ3) is 3.23. The Morgan fingerprint density at radius 2 is 1.85 bits per heavy atom. The van der Waals surface area contributed by atoms with E-state index in [0.717, 1.165) is 4.90 Å². The lowest BCUT2D eigenvalue weighted by molar-refractivity contribution is -0.140. The van der Waals surface area contributed by atoms with Crippen molar-refractivity contribution in [3.63, 3.8) is 0 Å². The highest BCUT2D eigenvalue weighted by atomic mass is 19.1. The predicted molar refractivity (Wildman–Crippen MR) is 93.5 cm³/mol. The average molecular weight is 355 g/mol. The van der Waals surface area contributed by atoms with Crippen molar-refractivity contribution in [1.29, 1.82) is 0 Å². The van der Waals surface area contributed by atoms with E-state index in [0.29, 0.717) is 11.1 Å². The van der Waals surface area contributed by atoms with Crippen LogP contribution in [-0.4, -0.2) is 39.5 Å². The molecule has 2 N–H and O–H groups in total. The fourth-order valence-electron chi connectivity index (χ4n) is 3.13. The monoisotopic (exact) mass is 355 g/mol. The Hall–Kier alpha value is -2.99. The molecular weight excluding hydrogens is 337 g/mol. The molecular formula is C20H18FNO4. The van der Waals surface area contributed by atoms with Gasteiger partial charge in [0.15, 0.2) is 0 Å². The number of rotatable bonds is 4. The van der Waals surface area contributed by atoms with E-state index in [9.17, 15) is 24.2 Å². The first kappa shape index (κ1) is 17.8. The minimum absolute atomic E-state index is 0.114. The zero-order chi connectivity index (χ0) is 18.8. The number of β-amino-alcohol motifs (C(OH)–C–C–N with tert-alkyl or cyclic N) is 1. The molecule has 1 heterocycles. The lowest BCUT2D eigenvalue weighted by Crippen LogP contribution is -2.35. The minimum atomic E-state index is -0.972. The van der Waals surface area contributed by atoms with Crippen molar-refractivity contribution in [2.24, 2.45) is 0 Å². The molecule has 0 aliphatic carbocycles. The number of carbonyl (C=O) groups excluding carboxylic acids is 2. The molecule has 1 saturated heterocycles. The average Bonchev–Trinajstić information content (AvgIpc) is 2.86. The first-order valence-corrected chi connectivity index (χ1v) is 8.17. The van der Waals surface area contributed by atoms with Crippen molar-refractivity contribution < 1.29 is 24.2 Å². The summed E-state index contributed by atoms with van der Waals surface area (Å²) in [6, 6.07) is 12.9. The number of likely N-dealkylation sites (tertiary alicyclic amines) is 1. The van der Waals surface area contributed by atoms with Crippen molar-refractivity contribution in [2.45, 2.75) is 19.1 Å². The van der Waals surface area contributed by atoms with Gasteiger partial charge in [-0.15, -0.1) is 0 Å². The smallest absolute Gasteiger partial charge is 0.295 e. The number of Topliss-reactive ketones (excluding diaryl/α,β-unsaturated/α-hetero) is 1. The van der Waals surface area contributed by atoms with Gasteiger partial charge in [-0.2, -0.15) is 0 Å². The van der Waals surface area contributed by atoms with E-state index in [-0.39, 0.29) is 17.9 Å². The van der Waals surface area contributed by atoms with Crippen molar-refractivity contribution in [2.75, 3.05) is 6.54 Å². The molecule has 3 rings (SSSR count). The molecule has 2 aromatic carbocycles. The summed E-state index contributed by atoms with van der Waals surface area (Å²) in [4.78, 5) is 26.2. The van der Waals surface area contributed by atoms with Gasteiger partial charge in [-0.25, -0.2) is 4.39 Å². The van der Waals surface area contributed by atoms with Gasteiger partial charge in [-0.05, 0) is 24.6 Å². The SMILES string of the molecule is CC(O)CN1C(=O)C(=O)/C(=C(/O)c2ccccc2)C1c1cccc(F)c1. The molecule has 0 bridgehead atoms. The fourth-order valence-corrected chi connectivity index (χ4v) is 3.13. The van der Waals surface area contributed by atoms with Gasteiger partial charge in [0.05, 0.1) is 17.7 Å². The summed E-state index contributed by atoms with van der Waals surface area (Å²) < 4.78 is 13.7. The van der Waals surface area contributed by atoms with Crippen LogP contribution in [0, 0.1) is 5.82 Å². The summed E-state index contributed by atoms with van der Waals surface area (Å²) in [5.41, 5.74) is 0.610. The highest BCUT2D eigenvalue weighted by Crippen LogP contribution is 2.39. The Bertz CT molecular complexity index is 876. The van der Waals surface area contributed by atoms with Gasteiger partial charge in [0, 0.05) is 12.1 Å². The molecule has 0 radical (unpaired) electrons. The minimum Gasteiger partial charge on any atom is -0.507 e. The quantitative estimate of drug-likeness (QED) is 0.502. The largest absolute Gasteiger partial charge is 0.507 e. The van der Waals surface area contributed by atoms with Crippen LogP contribution in [0.25, 0.3) is 5.76 Å². The normalized spacial score (nSPS) is 20.4. The van der Waals surface area contributed by atoms with Gasteiger partial charge in [0.2, 0.25) is 0 Å². The van der Waals surface area contributed by atoms with Gasteiger partial charge < -0.3 is 15.1 Å². The third-order valence-electron chi connectivity index (χ3n) is 4.21. The van der Waals surface area contributed by atoms with Crippen molar-refractivity contribution in [3.05, 3.63) is 77.1 Å². The van der Waals surface area contributed by atoms with Crippen molar-refractivity contribution >= 4 is 17.4 Å². The molecule has 0 saturated carbocycles. The Labute approximate surface area is 150 Å². The Morgan fingerprint density at radius 1 is 1.15 bits per heavy atom. The van der Waals surface area contributed by atoms with E-state index >= 15 is 0 Å². The molecule has 2 aromatic rings. The number of hydrogen-bond acceptors (Lipinski definition) is 4. The third-order valence-corrected chi connectivity index (χ3v) is 4.21. The Kier molecular flexibility index (Phi) is 4.86. The summed E-state index contributed by atoms with van der Waals surface area (Å²) in [5, 5.41) is 20.4. The van der Waals surface area contributed by atoms with Crippen molar-refractivity contribution in [1.82, 2.24) is 4.90 Å². The van der Waals surface area contributed by atoms with E-state index in [1.54, 1.807) is 36.4 Å². The summed E-state index contributed by atoms with van der Waals surface area (Å²) >= 11 is 0. The summed E-state index contributed by atoms with van der Waals surface area (Å²) in [5.74, 6) is -2.55. The van der Waals surface area contributed by atoms with Crippen LogP contribution in [0.1, 0.15) is 24.1 Å². The second-order valence-corrected chi connectivity index (χ2v) is 6.22. The van der Waals surface area contributed by atoms with Crippen LogP contribution in [0.3, 0.4) is 0 Å². The maximum absolute atomic E-state index is 13.7. The van der Waals surface area contributed by atoms with Gasteiger partial charge in [-0.3, -0.25) is 9.59 Å². The number of nitrogens with zero attached hydrogens (tertiary/aromatic N) is 1. The number of benzene rings is 2. The van der Waals surface area contributed by atoms with Crippen LogP contribution in [0.5, 0.6) is 0 Å². The predicted octanol–water partition coefficient (Wildman–Crippen LogP) is 2.63. The number of ketones is 1. The van der Waals surface area contributed by atoms with E-state index in [1.807, 2.05) is 0 Å². The summed E-state index contributed by atoms with van der Waals surface area (Å²) in [6.07, 6.45) is -0.888. The zero-order valence-electron chi connectivity index (χ0n) is 14.1. The first-order chi connectivity index (χ1) is 12.4. The fraction of sp³-hybridized carbons (Fsp3) is 0.200. The molecule has 2 atom stereocenters.